The number of pyridine rings is 1. The Morgan fingerprint density at radius 1 is 1.30 bits per heavy atom. The molecular formula is C19H32N4O3S. The molecule has 0 radical (unpaired) electrons. The first-order valence-corrected chi connectivity index (χ1v) is 11.5. The van der Waals surface area contributed by atoms with E-state index < -0.39 is 10.0 Å². The quantitative estimate of drug-likeness (QED) is 0.690. The highest BCUT2D eigenvalue weighted by Crippen LogP contribution is 2.20. The third kappa shape index (κ3) is 5.90. The minimum absolute atomic E-state index is 0.0841. The fourth-order valence-electron chi connectivity index (χ4n) is 3.39. The number of carbonyl (C=O) groups excluding carboxylic acids is 1. The first kappa shape index (κ1) is 21.6. The van der Waals surface area contributed by atoms with Gasteiger partial charge in [-0.05, 0) is 44.7 Å². The SMILES string of the molecule is CCCS(=O)(=O)N1CCCC(C(=O)NCc2ccc(N(CC)CC)nc2)C1. The lowest BCUT2D eigenvalue weighted by Gasteiger charge is -2.31. The van der Waals surface area contributed by atoms with Crippen molar-refractivity contribution in [3.63, 3.8) is 0 Å². The zero-order chi connectivity index (χ0) is 19.9. The number of nitrogens with zero attached hydrogens (tertiary/aromatic N) is 3. The van der Waals surface area contributed by atoms with Gasteiger partial charge in [0.15, 0.2) is 0 Å². The Balaban J connectivity index is 1.89. The maximum atomic E-state index is 12.5. The van der Waals surface area contributed by atoms with Gasteiger partial charge in [-0.15, -0.1) is 0 Å². The molecule has 1 saturated heterocycles. The number of hydrogen-bond acceptors (Lipinski definition) is 5. The minimum atomic E-state index is -3.25. The minimum Gasteiger partial charge on any atom is -0.357 e. The van der Waals surface area contributed by atoms with E-state index in [1.807, 2.05) is 19.1 Å². The second kappa shape index (κ2) is 10.0. The Hall–Kier alpha value is -1.67. The van der Waals surface area contributed by atoms with Gasteiger partial charge in [-0.3, -0.25) is 4.79 Å². The molecule has 1 fully saturated rings. The average molecular weight is 397 g/mol. The van der Waals surface area contributed by atoms with Crippen molar-refractivity contribution in [2.45, 2.75) is 46.6 Å². The molecule has 1 aliphatic rings. The summed E-state index contributed by atoms with van der Waals surface area (Å²) in [7, 11) is -3.25. The molecule has 0 saturated carbocycles. The van der Waals surface area contributed by atoms with E-state index in [-0.39, 0.29) is 24.1 Å². The summed E-state index contributed by atoms with van der Waals surface area (Å²) in [6.07, 6.45) is 3.82. The topological polar surface area (TPSA) is 82.6 Å². The monoisotopic (exact) mass is 396 g/mol. The fourth-order valence-corrected chi connectivity index (χ4v) is 4.97. The van der Waals surface area contributed by atoms with Crippen LogP contribution < -0.4 is 10.2 Å². The summed E-state index contributed by atoms with van der Waals surface area (Å²) in [5.74, 6) is 0.706. The summed E-state index contributed by atoms with van der Waals surface area (Å²) in [5.41, 5.74) is 0.936. The van der Waals surface area contributed by atoms with Crippen LogP contribution in [-0.4, -0.2) is 55.5 Å². The number of aromatic nitrogens is 1. The number of carbonyl (C=O) groups is 1. The summed E-state index contributed by atoms with van der Waals surface area (Å²) < 4.78 is 26.0. The average Bonchev–Trinajstić information content (AvgIpc) is 2.68. The predicted molar refractivity (Wildman–Crippen MR) is 108 cm³/mol. The second-order valence-corrected chi connectivity index (χ2v) is 9.02. The van der Waals surface area contributed by atoms with Crippen molar-refractivity contribution in [1.29, 1.82) is 0 Å². The van der Waals surface area contributed by atoms with Crippen molar-refractivity contribution < 1.29 is 13.2 Å². The molecule has 1 N–H and O–H groups in total. The molecule has 7 nitrogen and oxygen atoms in total. The van der Waals surface area contributed by atoms with E-state index in [1.54, 1.807) is 6.20 Å². The lowest BCUT2D eigenvalue weighted by atomic mass is 9.99. The van der Waals surface area contributed by atoms with E-state index in [0.717, 1.165) is 37.3 Å². The van der Waals surface area contributed by atoms with Crippen LogP contribution in [0.4, 0.5) is 5.82 Å². The summed E-state index contributed by atoms with van der Waals surface area (Å²) in [5, 5.41) is 2.94. The lowest BCUT2D eigenvalue weighted by Crippen LogP contribution is -2.45. The van der Waals surface area contributed by atoms with Crippen molar-refractivity contribution in [3.05, 3.63) is 23.9 Å². The number of sulfonamides is 1. The Morgan fingerprint density at radius 3 is 2.63 bits per heavy atom. The molecule has 1 unspecified atom stereocenters. The van der Waals surface area contributed by atoms with E-state index in [9.17, 15) is 13.2 Å². The maximum Gasteiger partial charge on any atom is 0.224 e. The van der Waals surface area contributed by atoms with Crippen LogP contribution in [0.1, 0.15) is 45.6 Å². The molecule has 1 amide bonds. The molecule has 1 atom stereocenters. The van der Waals surface area contributed by atoms with Crippen LogP contribution in [0.3, 0.4) is 0 Å². The molecule has 8 heteroatoms. The Labute approximate surface area is 163 Å². The Kier molecular flexibility index (Phi) is 8.04. The second-order valence-electron chi connectivity index (χ2n) is 6.93. The summed E-state index contributed by atoms with van der Waals surface area (Å²) >= 11 is 0. The standard InChI is InChI=1S/C19H32N4O3S/c1-4-12-27(25,26)23-11-7-8-17(15-23)19(24)21-14-16-9-10-18(20-13-16)22(5-2)6-3/h9-10,13,17H,4-8,11-12,14-15H2,1-3H3,(H,21,24). The molecule has 2 rings (SSSR count). The number of hydrogen-bond donors (Lipinski definition) is 1. The van der Waals surface area contributed by atoms with E-state index in [1.165, 1.54) is 4.31 Å². The van der Waals surface area contributed by atoms with Crippen LogP contribution in [0, 0.1) is 5.92 Å². The third-order valence-electron chi connectivity index (χ3n) is 4.97. The molecule has 0 aromatic carbocycles. The van der Waals surface area contributed by atoms with Gasteiger partial charge in [-0.1, -0.05) is 13.0 Å². The highest BCUT2D eigenvalue weighted by Gasteiger charge is 2.31. The van der Waals surface area contributed by atoms with Gasteiger partial charge in [0.25, 0.3) is 0 Å². The van der Waals surface area contributed by atoms with Crippen LogP contribution in [0.2, 0.25) is 0 Å². The first-order chi connectivity index (χ1) is 12.9. The van der Waals surface area contributed by atoms with Crippen molar-refractivity contribution in [2.75, 3.05) is 36.8 Å². The van der Waals surface area contributed by atoms with Crippen molar-refractivity contribution in [3.8, 4) is 0 Å². The van der Waals surface area contributed by atoms with Gasteiger partial charge in [0.05, 0.1) is 11.7 Å². The molecule has 1 aromatic rings. The van der Waals surface area contributed by atoms with Gasteiger partial charge in [0.1, 0.15) is 5.82 Å². The molecule has 1 aromatic heterocycles. The molecule has 152 valence electrons. The molecule has 0 spiro atoms. The smallest absolute Gasteiger partial charge is 0.224 e. The van der Waals surface area contributed by atoms with Crippen molar-refractivity contribution in [1.82, 2.24) is 14.6 Å². The van der Waals surface area contributed by atoms with Gasteiger partial charge < -0.3 is 10.2 Å². The van der Waals surface area contributed by atoms with Gasteiger partial charge in [-0.25, -0.2) is 17.7 Å². The summed E-state index contributed by atoms with van der Waals surface area (Å²) in [6, 6.07) is 3.94. The van der Waals surface area contributed by atoms with E-state index in [2.05, 4.69) is 29.0 Å². The number of rotatable bonds is 9. The third-order valence-corrected chi connectivity index (χ3v) is 7.02. The van der Waals surface area contributed by atoms with Crippen molar-refractivity contribution in [2.24, 2.45) is 5.92 Å². The fraction of sp³-hybridized carbons (Fsp3) is 0.684. The van der Waals surface area contributed by atoms with Crippen LogP contribution in [0.5, 0.6) is 0 Å². The molecular weight excluding hydrogens is 364 g/mol. The van der Waals surface area contributed by atoms with E-state index >= 15 is 0 Å². The zero-order valence-electron chi connectivity index (χ0n) is 16.6. The van der Waals surface area contributed by atoms with Crippen LogP contribution in [-0.2, 0) is 21.4 Å². The lowest BCUT2D eigenvalue weighted by molar-refractivity contribution is -0.126. The summed E-state index contributed by atoms with van der Waals surface area (Å²) in [4.78, 5) is 19.1. The highest BCUT2D eigenvalue weighted by molar-refractivity contribution is 7.89. The molecule has 27 heavy (non-hydrogen) atoms. The highest BCUT2D eigenvalue weighted by atomic mass is 32.2. The van der Waals surface area contributed by atoms with E-state index in [4.69, 9.17) is 0 Å². The molecule has 0 aliphatic carbocycles. The number of amides is 1. The molecule has 1 aliphatic heterocycles. The maximum absolute atomic E-state index is 12.5. The van der Waals surface area contributed by atoms with Gasteiger partial charge >= 0.3 is 0 Å². The summed E-state index contributed by atoms with van der Waals surface area (Å²) in [6.45, 7) is 9.04. The Bertz CT molecular complexity index is 702. The first-order valence-electron chi connectivity index (χ1n) is 9.86. The van der Waals surface area contributed by atoms with Gasteiger partial charge in [0.2, 0.25) is 15.9 Å². The predicted octanol–water partition coefficient (Wildman–Crippen LogP) is 2.00. The van der Waals surface area contributed by atoms with Crippen molar-refractivity contribution >= 4 is 21.7 Å². The zero-order valence-corrected chi connectivity index (χ0v) is 17.5. The largest absolute Gasteiger partial charge is 0.357 e. The van der Waals surface area contributed by atoms with Crippen LogP contribution in [0.25, 0.3) is 0 Å². The number of nitrogens with one attached hydrogen (secondary N) is 1. The van der Waals surface area contributed by atoms with Crippen LogP contribution in [0.15, 0.2) is 18.3 Å². The number of anilines is 1. The number of piperidine rings is 1. The van der Waals surface area contributed by atoms with E-state index in [0.29, 0.717) is 19.5 Å². The van der Waals surface area contributed by atoms with Gasteiger partial charge in [-0.2, -0.15) is 0 Å². The molecule has 2 heterocycles. The normalized spacial score (nSPS) is 18.3. The Morgan fingerprint density at radius 2 is 2.04 bits per heavy atom. The van der Waals surface area contributed by atoms with Crippen LogP contribution >= 0.6 is 0 Å². The molecule has 0 bridgehead atoms. The van der Waals surface area contributed by atoms with Gasteiger partial charge in [0, 0.05) is 38.9 Å².